The minimum Gasteiger partial charge on any atom is -0.494 e. The van der Waals surface area contributed by atoms with Crippen molar-refractivity contribution in [2.45, 2.75) is 59.4 Å². The molecule has 3 rings (SSSR count). The number of carbonyl (C=O) groups excluding carboxylic acids is 1. The van der Waals surface area contributed by atoms with Crippen molar-refractivity contribution in [1.29, 1.82) is 5.26 Å². The largest absolute Gasteiger partial charge is 0.494 e. The van der Waals surface area contributed by atoms with Crippen LogP contribution >= 0.6 is 0 Å². The molecule has 0 aromatic heterocycles. The first-order valence-corrected chi connectivity index (χ1v) is 11.3. The lowest BCUT2D eigenvalue weighted by Gasteiger charge is -2.47. The average molecular weight is 432 g/mol. The van der Waals surface area contributed by atoms with E-state index in [9.17, 15) is 10.1 Å². The number of amides is 1. The van der Waals surface area contributed by atoms with Gasteiger partial charge < -0.3 is 15.0 Å². The second-order valence-corrected chi connectivity index (χ2v) is 9.01. The maximum absolute atomic E-state index is 12.8. The van der Waals surface area contributed by atoms with Crippen molar-refractivity contribution in [2.24, 2.45) is 0 Å². The molecule has 32 heavy (non-hydrogen) atoms. The predicted molar refractivity (Wildman–Crippen MR) is 131 cm³/mol. The molecular formula is C27H33N3O2. The predicted octanol–water partition coefficient (Wildman–Crippen LogP) is 6.05. The van der Waals surface area contributed by atoms with Crippen LogP contribution in [0.5, 0.6) is 5.75 Å². The zero-order chi connectivity index (χ0) is 23.5. The fourth-order valence-electron chi connectivity index (χ4n) is 4.71. The van der Waals surface area contributed by atoms with Crippen LogP contribution in [-0.2, 0) is 4.79 Å². The van der Waals surface area contributed by atoms with E-state index in [1.54, 1.807) is 30.3 Å². The second-order valence-electron chi connectivity index (χ2n) is 9.01. The zero-order valence-electron chi connectivity index (χ0n) is 20.0. The monoisotopic (exact) mass is 431 g/mol. The van der Waals surface area contributed by atoms with Gasteiger partial charge in [0.25, 0.3) is 5.91 Å². The molecule has 2 aromatic rings. The summed E-state index contributed by atoms with van der Waals surface area (Å²) < 4.78 is 5.43. The highest BCUT2D eigenvalue weighted by Gasteiger charge is 2.35. The molecule has 5 nitrogen and oxygen atoms in total. The summed E-state index contributed by atoms with van der Waals surface area (Å²) in [5.74, 6) is 0.724. The Morgan fingerprint density at radius 2 is 1.97 bits per heavy atom. The number of fused-ring (bicyclic) bond motifs is 1. The smallest absolute Gasteiger partial charge is 0.266 e. The van der Waals surface area contributed by atoms with Crippen LogP contribution in [-0.4, -0.2) is 24.6 Å². The van der Waals surface area contributed by atoms with Crippen LogP contribution in [0.25, 0.3) is 6.08 Å². The third-order valence-corrected chi connectivity index (χ3v) is 6.18. The minimum absolute atomic E-state index is 0.0816. The third kappa shape index (κ3) is 4.80. The summed E-state index contributed by atoms with van der Waals surface area (Å²) in [5, 5.41) is 12.5. The molecule has 1 aliphatic rings. The van der Waals surface area contributed by atoms with Crippen LogP contribution in [0.15, 0.2) is 42.0 Å². The van der Waals surface area contributed by atoms with Gasteiger partial charge in [-0.15, -0.1) is 0 Å². The molecule has 1 atom stereocenters. The Balaban J connectivity index is 1.90. The SMILES string of the molecule is CCOc1ccc(NC(=O)/C(C#N)=C\c2cc3c(cc2C)N(CC)C(C)(C)CC3C)cc1. The highest BCUT2D eigenvalue weighted by atomic mass is 16.5. The molecular weight excluding hydrogens is 398 g/mol. The van der Waals surface area contributed by atoms with E-state index in [4.69, 9.17) is 4.74 Å². The van der Waals surface area contributed by atoms with Crippen LogP contribution in [0.2, 0.25) is 0 Å². The van der Waals surface area contributed by atoms with Gasteiger partial charge in [0.15, 0.2) is 0 Å². The van der Waals surface area contributed by atoms with Crippen molar-refractivity contribution >= 4 is 23.4 Å². The highest BCUT2D eigenvalue weighted by Crippen LogP contribution is 2.44. The fourth-order valence-corrected chi connectivity index (χ4v) is 4.71. The summed E-state index contributed by atoms with van der Waals surface area (Å²) in [4.78, 5) is 15.2. The molecule has 1 unspecified atom stereocenters. The lowest BCUT2D eigenvalue weighted by Crippen LogP contribution is -2.48. The number of nitrogens with one attached hydrogen (secondary N) is 1. The van der Waals surface area contributed by atoms with Gasteiger partial charge in [0.05, 0.1) is 6.61 Å². The molecule has 0 fully saturated rings. The van der Waals surface area contributed by atoms with Crippen LogP contribution in [0.4, 0.5) is 11.4 Å². The number of benzene rings is 2. The molecule has 0 saturated heterocycles. The summed E-state index contributed by atoms with van der Waals surface area (Å²) in [5.41, 5.74) is 5.28. The zero-order valence-corrected chi connectivity index (χ0v) is 20.0. The van der Waals surface area contributed by atoms with E-state index < -0.39 is 5.91 Å². The third-order valence-electron chi connectivity index (χ3n) is 6.18. The van der Waals surface area contributed by atoms with Crippen LogP contribution in [0, 0.1) is 18.3 Å². The molecule has 0 saturated carbocycles. The summed E-state index contributed by atoms with van der Waals surface area (Å²) in [6.07, 6.45) is 2.76. The second kappa shape index (κ2) is 9.48. The molecule has 0 aliphatic carbocycles. The van der Waals surface area contributed by atoms with E-state index in [1.165, 1.54) is 11.3 Å². The molecule has 1 amide bonds. The maximum atomic E-state index is 12.8. The van der Waals surface area contributed by atoms with E-state index in [-0.39, 0.29) is 11.1 Å². The quantitative estimate of drug-likeness (QED) is 0.446. The van der Waals surface area contributed by atoms with Crippen molar-refractivity contribution in [3.05, 3.63) is 58.7 Å². The lowest BCUT2D eigenvalue weighted by atomic mass is 9.79. The topological polar surface area (TPSA) is 65.4 Å². The van der Waals surface area contributed by atoms with Gasteiger partial charge in [0.1, 0.15) is 17.4 Å². The van der Waals surface area contributed by atoms with Crippen LogP contribution in [0.3, 0.4) is 0 Å². The van der Waals surface area contributed by atoms with Crippen molar-refractivity contribution < 1.29 is 9.53 Å². The van der Waals surface area contributed by atoms with Gasteiger partial charge in [-0.2, -0.15) is 5.26 Å². The molecule has 1 aliphatic heterocycles. The van der Waals surface area contributed by atoms with Crippen molar-refractivity contribution in [1.82, 2.24) is 0 Å². The average Bonchev–Trinajstić information content (AvgIpc) is 2.73. The number of anilines is 2. The van der Waals surface area contributed by atoms with E-state index in [1.807, 2.05) is 13.8 Å². The number of nitriles is 1. The maximum Gasteiger partial charge on any atom is 0.266 e. The van der Waals surface area contributed by atoms with Crippen molar-refractivity contribution in [3.8, 4) is 11.8 Å². The van der Waals surface area contributed by atoms with Crippen molar-refractivity contribution in [2.75, 3.05) is 23.4 Å². The molecule has 5 heteroatoms. The Bertz CT molecular complexity index is 1060. The van der Waals surface area contributed by atoms with E-state index in [0.29, 0.717) is 18.2 Å². The van der Waals surface area contributed by atoms with Gasteiger partial charge in [-0.05, 0) is 106 Å². The summed E-state index contributed by atoms with van der Waals surface area (Å²) >= 11 is 0. The van der Waals surface area contributed by atoms with Gasteiger partial charge in [0.2, 0.25) is 0 Å². The number of carbonyl (C=O) groups is 1. The molecule has 0 bridgehead atoms. The van der Waals surface area contributed by atoms with Crippen molar-refractivity contribution in [3.63, 3.8) is 0 Å². The Morgan fingerprint density at radius 3 is 2.56 bits per heavy atom. The number of rotatable bonds is 6. The molecule has 1 N–H and O–H groups in total. The van der Waals surface area contributed by atoms with Crippen LogP contribution < -0.4 is 15.0 Å². The highest BCUT2D eigenvalue weighted by molar-refractivity contribution is 6.09. The Labute approximate surface area is 191 Å². The van der Waals surface area contributed by atoms with Gasteiger partial charge >= 0.3 is 0 Å². The molecule has 0 radical (unpaired) electrons. The molecule has 1 heterocycles. The Hall–Kier alpha value is -3.26. The first-order chi connectivity index (χ1) is 15.2. The first-order valence-electron chi connectivity index (χ1n) is 11.3. The number of nitrogens with zero attached hydrogens (tertiary/aromatic N) is 2. The standard InChI is InChI=1S/C27H33N3O2/c1-7-30-25-13-18(3)20(15-24(25)19(4)16-27(30,5)6)14-21(17-28)26(31)29-22-9-11-23(12-10-22)32-8-2/h9-15,19H,7-8,16H2,1-6H3,(H,29,31)/b21-14-. The lowest BCUT2D eigenvalue weighted by molar-refractivity contribution is -0.112. The number of hydrogen-bond acceptors (Lipinski definition) is 4. The van der Waals surface area contributed by atoms with Gasteiger partial charge in [-0.3, -0.25) is 4.79 Å². The van der Waals surface area contributed by atoms with Crippen LogP contribution in [0.1, 0.15) is 63.6 Å². The summed E-state index contributed by atoms with van der Waals surface area (Å²) in [6.45, 7) is 14.5. The summed E-state index contributed by atoms with van der Waals surface area (Å²) in [6, 6.07) is 13.5. The molecule has 0 spiro atoms. The van der Waals surface area contributed by atoms with Gasteiger partial charge in [-0.1, -0.05) is 6.92 Å². The van der Waals surface area contributed by atoms with E-state index >= 15 is 0 Å². The molecule has 168 valence electrons. The van der Waals surface area contributed by atoms with E-state index in [0.717, 1.165) is 29.8 Å². The van der Waals surface area contributed by atoms with E-state index in [2.05, 4.69) is 56.1 Å². The number of ether oxygens (including phenoxy) is 1. The fraction of sp³-hybridized carbons (Fsp3) is 0.407. The Morgan fingerprint density at radius 1 is 1.28 bits per heavy atom. The number of hydrogen-bond donors (Lipinski definition) is 1. The van der Waals surface area contributed by atoms with Gasteiger partial charge in [0, 0.05) is 23.5 Å². The Kier molecular flexibility index (Phi) is 6.93. The summed E-state index contributed by atoms with van der Waals surface area (Å²) in [7, 11) is 0. The minimum atomic E-state index is -0.418. The number of aryl methyl sites for hydroxylation is 1. The van der Waals surface area contributed by atoms with Gasteiger partial charge in [-0.25, -0.2) is 0 Å². The molecule has 2 aromatic carbocycles. The normalized spacial score (nSPS) is 17.3. The first kappa shape index (κ1) is 23.4.